The summed E-state index contributed by atoms with van der Waals surface area (Å²) in [6.07, 6.45) is 1.24. The van der Waals surface area contributed by atoms with Crippen molar-refractivity contribution in [2.45, 2.75) is 38.1 Å². The Kier molecular flexibility index (Phi) is 11.0. The van der Waals surface area contributed by atoms with Gasteiger partial charge in [0, 0.05) is 35.3 Å². The monoisotopic (exact) mass is 528 g/mol. The van der Waals surface area contributed by atoms with E-state index in [9.17, 15) is 9.59 Å². The highest BCUT2D eigenvalue weighted by molar-refractivity contribution is 7.99. The lowest BCUT2D eigenvalue weighted by molar-refractivity contribution is -0.139. The summed E-state index contributed by atoms with van der Waals surface area (Å²) in [5.41, 5.74) is 2.90. The van der Waals surface area contributed by atoms with Crippen LogP contribution in [0.4, 0.5) is 0 Å². The van der Waals surface area contributed by atoms with Crippen LogP contribution in [0.5, 0.6) is 0 Å². The summed E-state index contributed by atoms with van der Waals surface area (Å²) in [4.78, 5) is 28.5. The minimum atomic E-state index is -0.649. The highest BCUT2D eigenvalue weighted by Crippen LogP contribution is 2.22. The number of hydrogen-bond acceptors (Lipinski definition) is 3. The standard InChI is InChI=1S/C28H30Cl2N2O2S/c1-2-16-31-28(34)26(17-21-8-4-3-5-9-21)32(18-23-10-6-7-11-25(23)30)27(33)20-35-19-22-12-14-24(29)15-13-22/h3-15,26H,2,16-20H2,1H3,(H,31,34)/t26-/m0/s1. The van der Waals surface area contributed by atoms with E-state index in [4.69, 9.17) is 23.2 Å². The molecule has 0 aliphatic rings. The molecule has 0 saturated heterocycles. The van der Waals surface area contributed by atoms with Crippen LogP contribution in [0, 0.1) is 0 Å². The maximum atomic E-state index is 13.6. The largest absolute Gasteiger partial charge is 0.354 e. The Bertz CT molecular complexity index is 1090. The van der Waals surface area contributed by atoms with E-state index in [1.54, 1.807) is 11.0 Å². The minimum Gasteiger partial charge on any atom is -0.354 e. The SMILES string of the molecule is CCCNC(=O)[C@H](Cc1ccccc1)N(Cc1ccccc1Cl)C(=O)CSCc1ccc(Cl)cc1. The van der Waals surface area contributed by atoms with Gasteiger partial charge in [-0.15, -0.1) is 11.8 Å². The molecule has 0 aliphatic carbocycles. The van der Waals surface area contributed by atoms with Gasteiger partial charge in [0.25, 0.3) is 0 Å². The number of carbonyl (C=O) groups is 2. The third-order valence-corrected chi connectivity index (χ3v) is 7.14. The van der Waals surface area contributed by atoms with Crippen molar-refractivity contribution in [1.82, 2.24) is 10.2 Å². The van der Waals surface area contributed by atoms with Crippen LogP contribution in [0.15, 0.2) is 78.9 Å². The normalized spacial score (nSPS) is 11.6. The maximum Gasteiger partial charge on any atom is 0.243 e. The Morgan fingerprint density at radius 3 is 2.29 bits per heavy atom. The molecule has 0 spiro atoms. The molecule has 1 atom stereocenters. The van der Waals surface area contributed by atoms with Crippen LogP contribution in [0.3, 0.4) is 0 Å². The van der Waals surface area contributed by atoms with Crippen LogP contribution in [-0.2, 0) is 28.3 Å². The fourth-order valence-electron chi connectivity index (χ4n) is 3.65. The summed E-state index contributed by atoms with van der Waals surface area (Å²) in [6, 6.07) is 24.2. The summed E-state index contributed by atoms with van der Waals surface area (Å²) in [5, 5.41) is 4.25. The van der Waals surface area contributed by atoms with Crippen LogP contribution in [0.2, 0.25) is 10.0 Å². The fraction of sp³-hybridized carbons (Fsp3) is 0.286. The van der Waals surface area contributed by atoms with Gasteiger partial charge in [-0.05, 0) is 41.3 Å². The molecule has 0 radical (unpaired) electrons. The van der Waals surface area contributed by atoms with E-state index < -0.39 is 6.04 Å². The first-order valence-electron chi connectivity index (χ1n) is 11.6. The predicted molar refractivity (Wildman–Crippen MR) is 147 cm³/mol. The Morgan fingerprint density at radius 2 is 1.60 bits per heavy atom. The summed E-state index contributed by atoms with van der Waals surface area (Å²) in [7, 11) is 0. The minimum absolute atomic E-state index is 0.100. The molecular weight excluding hydrogens is 499 g/mol. The lowest BCUT2D eigenvalue weighted by Gasteiger charge is -2.31. The van der Waals surface area contributed by atoms with Gasteiger partial charge < -0.3 is 10.2 Å². The first-order chi connectivity index (χ1) is 17.0. The van der Waals surface area contributed by atoms with Gasteiger partial charge in [0.15, 0.2) is 0 Å². The number of amides is 2. The number of carbonyl (C=O) groups excluding carboxylic acids is 2. The highest BCUT2D eigenvalue weighted by atomic mass is 35.5. The lowest BCUT2D eigenvalue weighted by Crippen LogP contribution is -2.51. The van der Waals surface area contributed by atoms with Crippen molar-refractivity contribution in [3.05, 3.63) is 106 Å². The highest BCUT2D eigenvalue weighted by Gasteiger charge is 2.30. The second-order valence-electron chi connectivity index (χ2n) is 8.23. The molecule has 0 fully saturated rings. The molecule has 1 N–H and O–H groups in total. The zero-order valence-corrected chi connectivity index (χ0v) is 22.1. The van der Waals surface area contributed by atoms with Crippen molar-refractivity contribution < 1.29 is 9.59 Å². The van der Waals surface area contributed by atoms with Crippen LogP contribution >= 0.6 is 35.0 Å². The van der Waals surface area contributed by atoms with Gasteiger partial charge in [0.2, 0.25) is 11.8 Å². The van der Waals surface area contributed by atoms with Crippen molar-refractivity contribution in [2.75, 3.05) is 12.3 Å². The number of benzene rings is 3. The molecule has 4 nitrogen and oxygen atoms in total. The van der Waals surface area contributed by atoms with E-state index in [0.717, 1.165) is 23.1 Å². The van der Waals surface area contributed by atoms with Gasteiger partial charge in [-0.3, -0.25) is 9.59 Å². The smallest absolute Gasteiger partial charge is 0.243 e. The number of nitrogens with zero attached hydrogens (tertiary/aromatic N) is 1. The Morgan fingerprint density at radius 1 is 0.914 bits per heavy atom. The molecule has 3 aromatic rings. The summed E-state index contributed by atoms with van der Waals surface area (Å²) in [6.45, 7) is 2.83. The zero-order valence-electron chi connectivity index (χ0n) is 19.8. The molecule has 0 heterocycles. The van der Waals surface area contributed by atoms with Crippen LogP contribution in [-0.4, -0.2) is 35.1 Å². The third-order valence-electron chi connectivity index (χ3n) is 5.53. The van der Waals surface area contributed by atoms with Gasteiger partial charge in [-0.25, -0.2) is 0 Å². The van der Waals surface area contributed by atoms with Gasteiger partial charge in [-0.2, -0.15) is 0 Å². The molecule has 3 aromatic carbocycles. The van der Waals surface area contributed by atoms with E-state index in [-0.39, 0.29) is 24.1 Å². The lowest BCUT2D eigenvalue weighted by atomic mass is 10.0. The second-order valence-corrected chi connectivity index (χ2v) is 10.1. The molecule has 0 saturated carbocycles. The van der Waals surface area contributed by atoms with Crippen molar-refractivity contribution >= 4 is 46.8 Å². The van der Waals surface area contributed by atoms with E-state index in [0.29, 0.717) is 28.8 Å². The van der Waals surface area contributed by atoms with Crippen molar-refractivity contribution in [3.8, 4) is 0 Å². The number of nitrogens with one attached hydrogen (secondary N) is 1. The van der Waals surface area contributed by atoms with Gasteiger partial charge in [0.05, 0.1) is 5.75 Å². The number of thioether (sulfide) groups is 1. The van der Waals surface area contributed by atoms with Crippen LogP contribution in [0.25, 0.3) is 0 Å². The number of rotatable bonds is 12. The maximum absolute atomic E-state index is 13.6. The van der Waals surface area contributed by atoms with Crippen LogP contribution in [0.1, 0.15) is 30.0 Å². The molecule has 0 bridgehead atoms. The van der Waals surface area contributed by atoms with E-state index >= 15 is 0 Å². The molecule has 0 aliphatic heterocycles. The first-order valence-corrected chi connectivity index (χ1v) is 13.6. The zero-order chi connectivity index (χ0) is 25.0. The molecule has 7 heteroatoms. The van der Waals surface area contributed by atoms with E-state index in [1.807, 2.05) is 79.7 Å². The number of hydrogen-bond donors (Lipinski definition) is 1. The Balaban J connectivity index is 1.83. The molecule has 0 unspecified atom stereocenters. The van der Waals surface area contributed by atoms with Crippen molar-refractivity contribution in [3.63, 3.8) is 0 Å². The van der Waals surface area contributed by atoms with Gasteiger partial charge in [0.1, 0.15) is 6.04 Å². The fourth-order valence-corrected chi connectivity index (χ4v) is 4.84. The summed E-state index contributed by atoms with van der Waals surface area (Å²) < 4.78 is 0. The molecule has 3 rings (SSSR count). The predicted octanol–water partition coefficient (Wildman–Crippen LogP) is 6.39. The molecule has 184 valence electrons. The van der Waals surface area contributed by atoms with Crippen molar-refractivity contribution in [1.29, 1.82) is 0 Å². The average Bonchev–Trinajstić information content (AvgIpc) is 2.87. The van der Waals surface area contributed by atoms with Crippen LogP contribution < -0.4 is 5.32 Å². The molecular formula is C28H30Cl2N2O2S. The summed E-state index contributed by atoms with van der Waals surface area (Å²) in [5.74, 6) is 0.670. The average molecular weight is 530 g/mol. The second kappa shape index (κ2) is 14.2. The summed E-state index contributed by atoms with van der Waals surface area (Å²) >= 11 is 13.9. The quantitative estimate of drug-likeness (QED) is 0.296. The van der Waals surface area contributed by atoms with Gasteiger partial charge >= 0.3 is 0 Å². The number of halogens is 2. The van der Waals surface area contributed by atoms with E-state index in [2.05, 4.69) is 5.32 Å². The molecule has 2 amide bonds. The van der Waals surface area contributed by atoms with E-state index in [1.165, 1.54) is 11.8 Å². The van der Waals surface area contributed by atoms with Gasteiger partial charge in [-0.1, -0.05) is 90.8 Å². The topological polar surface area (TPSA) is 49.4 Å². The third kappa shape index (κ3) is 8.60. The Labute approximate surface area is 222 Å². The molecule has 35 heavy (non-hydrogen) atoms. The first kappa shape index (κ1) is 27.1. The van der Waals surface area contributed by atoms with Crippen molar-refractivity contribution in [2.24, 2.45) is 0 Å². The Hall–Kier alpha value is -2.47. The molecule has 0 aromatic heterocycles.